The Labute approximate surface area is 582 Å². The molecular weight excluding hydrogens is 1300 g/mol. The van der Waals surface area contributed by atoms with Gasteiger partial charge in [0.25, 0.3) is 3.79 Å². The van der Waals surface area contributed by atoms with E-state index in [2.05, 4.69) is 4.74 Å². The molecule has 0 saturated carbocycles. The molecule has 0 aromatic heterocycles. The largest absolute Gasteiger partial charge is 1.00 e. The number of carboxylic acids is 1. The molecule has 29 nitrogen and oxygen atoms in total. The summed E-state index contributed by atoms with van der Waals surface area (Å²) in [4.78, 5) is 79.9. The number of rotatable bonds is 17. The number of halogens is 3. The van der Waals surface area contributed by atoms with Crippen LogP contribution >= 0.6 is 34.8 Å². The molecule has 0 radical (unpaired) electrons. The van der Waals surface area contributed by atoms with Gasteiger partial charge in [0.2, 0.25) is 37.0 Å². The number of aromatic carboxylic acids is 1. The third kappa shape index (κ3) is 24.5. The number of carbonyl (C=O) groups excluding carboxylic acids is 6. The third-order valence-electron chi connectivity index (χ3n) is 13.5. The SMILES string of the molecule is CC[C@H]1O[C@@H](OC(=N)C(Cl)(Cl)Cl)[C@H](OC(C)=O)[C@@H](OC(C)=O)[C@@H]1C.CC[C@H]1O[C@@H](Oc2ccc(C(=O)OC)cc2OC)[C@H](OC(C)=O)[C@@H](OC(C)=O)[C@@H]1C.COC(=O)c1ccc(O)c(C)c1.COc1cc(C(=O)O)ccc1O[C@@H]1O[C@H](CO)[C@@H](O)[C@H](O)[C@H]1O.[K+].[OH-]. The maximum absolute atomic E-state index is 11.8. The maximum atomic E-state index is 11.8. The number of carboxylic acid groups (broad SMARTS) is 1. The molecule has 3 aromatic carbocycles. The molecule has 3 aliphatic heterocycles. The first-order valence-corrected chi connectivity index (χ1v) is 28.4. The normalized spacial score (nSPS) is 25.5. The number of nitrogens with one attached hydrogen (secondary N) is 1. The van der Waals surface area contributed by atoms with Crippen LogP contribution in [0.3, 0.4) is 0 Å². The molecule has 0 bridgehead atoms. The number of aryl methyl sites for hydroxylation is 1. The van der Waals surface area contributed by atoms with E-state index in [0.717, 1.165) is 0 Å². The first-order chi connectivity index (χ1) is 41.7. The maximum Gasteiger partial charge on any atom is 1.00 e. The molecule has 3 fully saturated rings. The van der Waals surface area contributed by atoms with Gasteiger partial charge in [0.05, 0.1) is 63.9 Å². The van der Waals surface area contributed by atoms with E-state index in [1.165, 1.54) is 105 Å². The Bertz CT molecular complexity index is 2900. The van der Waals surface area contributed by atoms with E-state index in [9.17, 15) is 48.9 Å². The van der Waals surface area contributed by atoms with Crippen molar-refractivity contribution in [3.8, 4) is 28.7 Å². The zero-order valence-electron chi connectivity index (χ0n) is 52.3. The number of benzene rings is 3. The molecule has 91 heavy (non-hydrogen) atoms. The first kappa shape index (κ1) is 83.6. The molecule has 0 spiro atoms. The number of hydrogen-bond acceptors (Lipinski definition) is 28. The summed E-state index contributed by atoms with van der Waals surface area (Å²) in [6.45, 7) is 13.6. The second-order valence-corrected chi connectivity index (χ2v) is 22.1. The second-order valence-electron chi connectivity index (χ2n) is 19.8. The van der Waals surface area contributed by atoms with Crippen molar-refractivity contribution < 1.29 is 187 Å². The van der Waals surface area contributed by atoms with Crippen LogP contribution in [0.25, 0.3) is 0 Å². The summed E-state index contributed by atoms with van der Waals surface area (Å²) in [7, 11) is 5.33. The Kier molecular flexibility index (Phi) is 36.2. The monoisotopic (exact) mass is 1380 g/mol. The topological polar surface area (TPSA) is 424 Å². The van der Waals surface area contributed by atoms with E-state index in [0.29, 0.717) is 24.0 Å². The standard InChI is InChI=1S/C21H28O9.C14H20Cl3NO6.C14H18O9.C9H10O3.K.H2O/c1-7-15-11(2)18(27-12(3)22)19(28-13(4)23)21(29-15)30-16-9-8-14(20(24)26-6)10-17(16)25-5;1-5-9-6(2)10(21-7(3)19)11(22-8(4)20)12(23-9)24-13(18)14(15,16)17;1-21-8-4-6(13(19)20)2-3-7(8)22-14-12(18)11(17)10(16)9(5-15)23-14;1-6-5-7(9(11)12-2)3-4-8(6)10;;/h8-11,15,18-19,21H,7H2,1-6H3;6,9-12,18H,5H2,1-4H3;2-4,9-12,14-18H,5H2,1H3,(H,19,20);3-5,10H,1-2H3;;1H2/q;;;;+1;/p-1/t11-,15-,18+,19-,21+;6-,9-,10+,11-,12+;9-,10-,11+,12-,14-;;;/m111.../s1. The molecular formula is C58H77Cl3KNO28. The number of hydrogen-bond donors (Lipinski definition) is 7. The van der Waals surface area contributed by atoms with E-state index in [1.807, 2.05) is 20.8 Å². The number of methoxy groups -OCH3 is 4. The number of esters is 6. The van der Waals surface area contributed by atoms with Crippen molar-refractivity contribution in [2.24, 2.45) is 11.8 Å². The first-order valence-electron chi connectivity index (χ1n) is 27.2. The Balaban J connectivity index is 0.000000624. The molecule has 8 N–H and O–H groups in total. The smallest absolute Gasteiger partial charge is 0.870 e. The molecule has 15 atom stereocenters. The summed E-state index contributed by atoms with van der Waals surface area (Å²) in [6.07, 6.45) is -12.6. The fraction of sp³-hybridized carbons (Fsp3) is 0.552. The van der Waals surface area contributed by atoms with Crippen LogP contribution in [0.15, 0.2) is 54.6 Å². The molecule has 0 unspecified atom stereocenters. The minimum atomic E-state index is -2.11. The van der Waals surface area contributed by atoms with Gasteiger partial charge in [-0.15, -0.1) is 0 Å². The fourth-order valence-corrected chi connectivity index (χ4v) is 9.10. The van der Waals surface area contributed by atoms with Crippen molar-refractivity contribution >= 4 is 82.5 Å². The Hall–Kier alpha value is -5.39. The van der Waals surface area contributed by atoms with Crippen LogP contribution in [-0.2, 0) is 66.5 Å². The summed E-state index contributed by atoms with van der Waals surface area (Å²) in [5.74, 6) is -4.64. The van der Waals surface area contributed by atoms with Crippen LogP contribution in [0, 0.1) is 24.2 Å². The van der Waals surface area contributed by atoms with Gasteiger partial charge >= 0.3 is 93.2 Å². The van der Waals surface area contributed by atoms with Crippen LogP contribution in [0.2, 0.25) is 0 Å². The van der Waals surface area contributed by atoms with Crippen LogP contribution in [-0.4, -0.2) is 203 Å². The van der Waals surface area contributed by atoms with Gasteiger partial charge in [-0.05, 0) is 79.9 Å². The van der Waals surface area contributed by atoms with Crippen molar-refractivity contribution in [1.82, 2.24) is 0 Å². The number of ether oxygens (including phenoxy) is 14. The number of aliphatic hydroxyl groups excluding tert-OH is 4. The van der Waals surface area contributed by atoms with Gasteiger partial charge in [0.15, 0.2) is 23.0 Å². The van der Waals surface area contributed by atoms with Crippen molar-refractivity contribution in [3.63, 3.8) is 0 Å². The predicted molar refractivity (Wildman–Crippen MR) is 313 cm³/mol. The summed E-state index contributed by atoms with van der Waals surface area (Å²) in [6, 6.07) is 12.9. The summed E-state index contributed by atoms with van der Waals surface area (Å²) < 4.78 is 72.5. The van der Waals surface area contributed by atoms with Crippen LogP contribution in [0.5, 0.6) is 28.7 Å². The second kappa shape index (κ2) is 39.3. The molecule has 3 aromatic rings. The molecule has 3 saturated heterocycles. The van der Waals surface area contributed by atoms with E-state index in [4.69, 9.17) is 117 Å². The van der Waals surface area contributed by atoms with E-state index < -0.39 is 126 Å². The van der Waals surface area contributed by atoms with Gasteiger partial charge in [-0.2, -0.15) is 0 Å². The van der Waals surface area contributed by atoms with Gasteiger partial charge in [0, 0.05) is 39.5 Å². The summed E-state index contributed by atoms with van der Waals surface area (Å²) in [5.41, 5.74) is 1.37. The quantitative estimate of drug-likeness (QED) is 0.0255. The van der Waals surface area contributed by atoms with Crippen molar-refractivity contribution in [2.45, 2.75) is 159 Å². The Morgan fingerprint density at radius 1 is 0.549 bits per heavy atom. The predicted octanol–water partition coefficient (Wildman–Crippen LogP) is 2.37. The van der Waals surface area contributed by atoms with E-state index >= 15 is 0 Å². The van der Waals surface area contributed by atoms with Crippen molar-refractivity contribution in [1.29, 1.82) is 5.41 Å². The molecule has 0 amide bonds. The number of carbonyl (C=O) groups is 7. The van der Waals surface area contributed by atoms with Crippen LogP contribution in [0.4, 0.5) is 0 Å². The Morgan fingerprint density at radius 3 is 1.33 bits per heavy atom. The molecule has 3 heterocycles. The Morgan fingerprint density at radius 2 is 0.934 bits per heavy atom. The number of phenolic OH excluding ortho intramolecular Hbond substituents is 1. The van der Waals surface area contributed by atoms with Crippen molar-refractivity contribution in [2.75, 3.05) is 35.0 Å². The molecule has 504 valence electrons. The number of aliphatic hydroxyl groups is 4. The van der Waals surface area contributed by atoms with Gasteiger partial charge in [0.1, 0.15) is 42.4 Å². The number of phenols is 1. The van der Waals surface area contributed by atoms with Gasteiger partial charge in [-0.3, -0.25) is 24.6 Å². The zero-order valence-corrected chi connectivity index (χ0v) is 57.7. The minimum Gasteiger partial charge on any atom is -0.870 e. The molecule has 6 rings (SSSR count). The third-order valence-corrected chi connectivity index (χ3v) is 14.0. The number of aromatic hydroxyl groups is 1. The van der Waals surface area contributed by atoms with E-state index in [-0.39, 0.29) is 121 Å². The summed E-state index contributed by atoms with van der Waals surface area (Å²) in [5, 5.41) is 64.2. The molecule has 33 heteroatoms. The average molecular weight is 1380 g/mol. The van der Waals surface area contributed by atoms with Crippen LogP contribution in [0.1, 0.15) is 105 Å². The van der Waals surface area contributed by atoms with Crippen LogP contribution < -0.4 is 70.3 Å². The van der Waals surface area contributed by atoms with E-state index in [1.54, 1.807) is 19.9 Å². The average Bonchev–Trinajstić information content (AvgIpc) is 1.81. The van der Waals surface area contributed by atoms with Gasteiger partial charge in [-0.1, -0.05) is 62.5 Å². The molecule has 0 aliphatic carbocycles. The van der Waals surface area contributed by atoms with Gasteiger partial charge < -0.3 is 102 Å². The molecule has 3 aliphatic rings. The van der Waals surface area contributed by atoms with Gasteiger partial charge in [-0.25, -0.2) is 14.4 Å². The summed E-state index contributed by atoms with van der Waals surface area (Å²) >= 11 is 16.8. The fourth-order valence-electron chi connectivity index (χ4n) is 8.97. The number of alkyl halides is 3. The minimum absolute atomic E-state index is 0. The van der Waals surface area contributed by atoms with Crippen molar-refractivity contribution in [3.05, 3.63) is 76.9 Å². The zero-order chi connectivity index (χ0) is 67.4.